The number of nitrogens with zero attached hydrogens (tertiary/aromatic N) is 1. The molecular weight excluding hydrogens is 360 g/mol. The molecule has 0 aliphatic carbocycles. The molecule has 1 aliphatic heterocycles. The lowest BCUT2D eigenvalue weighted by molar-refractivity contribution is -0.139. The molecule has 0 fully saturated rings. The number of carboxylic acids is 1. The molecule has 0 saturated carbocycles. The van der Waals surface area contributed by atoms with Crippen molar-refractivity contribution in [2.45, 2.75) is 27.2 Å². The highest BCUT2D eigenvalue weighted by atomic mass is 16.5. The van der Waals surface area contributed by atoms with Crippen LogP contribution in [-0.2, 0) is 16.0 Å². The molecule has 0 aromatic heterocycles. The van der Waals surface area contributed by atoms with E-state index in [0.717, 1.165) is 17.7 Å². The summed E-state index contributed by atoms with van der Waals surface area (Å²) >= 11 is 0. The van der Waals surface area contributed by atoms with Crippen molar-refractivity contribution in [1.29, 1.82) is 0 Å². The molecule has 1 heterocycles. The number of aliphatic carboxylic acids is 1. The number of anilines is 2. The van der Waals surface area contributed by atoms with Gasteiger partial charge in [0.15, 0.2) is 6.61 Å². The second-order valence-corrected chi connectivity index (χ2v) is 6.84. The zero-order valence-electron chi connectivity index (χ0n) is 16.0. The Morgan fingerprint density at radius 3 is 2.43 bits per heavy atom. The number of carbonyl (C=O) groups is 3. The zero-order valence-corrected chi connectivity index (χ0v) is 16.0. The van der Waals surface area contributed by atoms with E-state index in [1.165, 1.54) is 0 Å². The summed E-state index contributed by atoms with van der Waals surface area (Å²) in [4.78, 5) is 36.7. The predicted octanol–water partition coefficient (Wildman–Crippen LogP) is 2.93. The molecule has 3 rings (SSSR count). The van der Waals surface area contributed by atoms with Gasteiger partial charge < -0.3 is 20.1 Å². The van der Waals surface area contributed by atoms with Gasteiger partial charge in [-0.3, -0.25) is 9.59 Å². The maximum atomic E-state index is 12.7. The topological polar surface area (TPSA) is 95.9 Å². The van der Waals surface area contributed by atoms with E-state index in [4.69, 9.17) is 9.84 Å². The summed E-state index contributed by atoms with van der Waals surface area (Å²) in [5, 5.41) is 11.6. The van der Waals surface area contributed by atoms with E-state index >= 15 is 0 Å². The van der Waals surface area contributed by atoms with Gasteiger partial charge in [-0.25, -0.2) is 4.79 Å². The third kappa shape index (κ3) is 3.98. The summed E-state index contributed by atoms with van der Waals surface area (Å²) < 4.78 is 5.30. The number of fused-ring (bicyclic) bond motifs is 1. The minimum atomic E-state index is -1.06. The van der Waals surface area contributed by atoms with Gasteiger partial charge in [-0.1, -0.05) is 0 Å². The fraction of sp³-hybridized carbons (Fsp3) is 0.286. The second-order valence-electron chi connectivity index (χ2n) is 6.84. The van der Waals surface area contributed by atoms with Crippen molar-refractivity contribution in [3.8, 4) is 5.75 Å². The minimum absolute atomic E-state index is 0.00620. The summed E-state index contributed by atoms with van der Waals surface area (Å²) in [6.07, 6.45) is 0.756. The van der Waals surface area contributed by atoms with E-state index in [2.05, 4.69) is 5.32 Å². The maximum Gasteiger partial charge on any atom is 0.341 e. The average Bonchev–Trinajstić information content (AvgIpc) is 3.04. The second kappa shape index (κ2) is 7.72. The highest BCUT2D eigenvalue weighted by Crippen LogP contribution is 2.31. The number of ether oxygens (including phenoxy) is 1. The molecule has 0 bridgehead atoms. The van der Waals surface area contributed by atoms with Crippen LogP contribution in [0.25, 0.3) is 0 Å². The standard InChI is InChI=1S/C21H22N2O5/c1-12-8-16(9-13(2)20(12)28-11-19(25)26)21(27)22-17-4-5-18-15(10-17)6-7-23(18)14(3)24/h4-5,8-10H,6-7,11H2,1-3H3,(H,22,27)(H,25,26). The summed E-state index contributed by atoms with van der Waals surface area (Å²) in [6, 6.07) is 8.86. The molecule has 1 aliphatic rings. The first-order chi connectivity index (χ1) is 13.3. The largest absolute Gasteiger partial charge is 0.481 e. The SMILES string of the molecule is CC(=O)N1CCc2cc(NC(=O)c3cc(C)c(OCC(=O)O)c(C)c3)ccc21. The summed E-state index contributed by atoms with van der Waals surface area (Å²) in [7, 11) is 0. The van der Waals surface area contributed by atoms with E-state index in [1.807, 2.05) is 12.1 Å². The van der Waals surface area contributed by atoms with Crippen molar-refractivity contribution in [2.24, 2.45) is 0 Å². The minimum Gasteiger partial charge on any atom is -0.481 e. The van der Waals surface area contributed by atoms with Crippen molar-refractivity contribution in [3.05, 3.63) is 52.6 Å². The van der Waals surface area contributed by atoms with Crippen LogP contribution in [-0.4, -0.2) is 36.0 Å². The highest BCUT2D eigenvalue weighted by molar-refractivity contribution is 6.05. The number of hydrogen-bond donors (Lipinski definition) is 2. The van der Waals surface area contributed by atoms with Crippen LogP contribution < -0.4 is 15.0 Å². The van der Waals surface area contributed by atoms with Gasteiger partial charge in [0.25, 0.3) is 5.91 Å². The Morgan fingerprint density at radius 1 is 1.14 bits per heavy atom. The van der Waals surface area contributed by atoms with Gasteiger partial charge in [-0.15, -0.1) is 0 Å². The molecule has 28 heavy (non-hydrogen) atoms. The lowest BCUT2D eigenvalue weighted by Crippen LogP contribution is -2.25. The number of amides is 2. The van der Waals surface area contributed by atoms with Gasteiger partial charge in [0.05, 0.1) is 0 Å². The summed E-state index contributed by atoms with van der Waals surface area (Å²) in [5.41, 5.74) is 4.42. The van der Waals surface area contributed by atoms with Crippen molar-refractivity contribution >= 4 is 29.2 Å². The monoisotopic (exact) mass is 382 g/mol. The summed E-state index contributed by atoms with van der Waals surface area (Å²) in [5.74, 6) is -0.842. The molecule has 0 unspecified atom stereocenters. The normalized spacial score (nSPS) is 12.5. The fourth-order valence-corrected chi connectivity index (χ4v) is 3.45. The highest BCUT2D eigenvalue weighted by Gasteiger charge is 2.22. The van der Waals surface area contributed by atoms with Gasteiger partial charge in [-0.2, -0.15) is 0 Å². The van der Waals surface area contributed by atoms with Crippen LogP contribution >= 0.6 is 0 Å². The van der Waals surface area contributed by atoms with Gasteiger partial charge in [0, 0.05) is 30.4 Å². The van der Waals surface area contributed by atoms with Crippen LogP contribution in [0.1, 0.15) is 34.0 Å². The number of carboxylic acid groups (broad SMARTS) is 1. The van der Waals surface area contributed by atoms with E-state index in [9.17, 15) is 14.4 Å². The molecule has 2 aromatic rings. The van der Waals surface area contributed by atoms with Crippen LogP contribution in [0.3, 0.4) is 0 Å². The molecule has 0 atom stereocenters. The number of aryl methyl sites for hydroxylation is 2. The Balaban J connectivity index is 1.77. The van der Waals surface area contributed by atoms with Crippen LogP contribution in [0.5, 0.6) is 5.75 Å². The third-order valence-electron chi connectivity index (χ3n) is 4.68. The first-order valence-electron chi connectivity index (χ1n) is 8.94. The fourth-order valence-electron chi connectivity index (χ4n) is 3.45. The number of hydrogen-bond acceptors (Lipinski definition) is 4. The first kappa shape index (κ1) is 19.4. The Bertz CT molecular complexity index is 944. The lowest BCUT2D eigenvalue weighted by atomic mass is 10.0. The average molecular weight is 382 g/mol. The Hall–Kier alpha value is -3.35. The van der Waals surface area contributed by atoms with Gasteiger partial charge in [0.2, 0.25) is 5.91 Å². The van der Waals surface area contributed by atoms with E-state index in [-0.39, 0.29) is 11.8 Å². The molecule has 0 saturated heterocycles. The van der Waals surface area contributed by atoms with Crippen molar-refractivity contribution in [2.75, 3.05) is 23.4 Å². The van der Waals surface area contributed by atoms with E-state index in [0.29, 0.717) is 34.7 Å². The molecule has 2 N–H and O–H groups in total. The van der Waals surface area contributed by atoms with Crippen LogP contribution in [0.15, 0.2) is 30.3 Å². The molecule has 0 spiro atoms. The van der Waals surface area contributed by atoms with Gasteiger partial charge >= 0.3 is 5.97 Å². The third-order valence-corrected chi connectivity index (χ3v) is 4.68. The molecule has 7 heteroatoms. The molecule has 0 radical (unpaired) electrons. The smallest absolute Gasteiger partial charge is 0.341 e. The zero-order chi connectivity index (χ0) is 20.4. The van der Waals surface area contributed by atoms with Crippen molar-refractivity contribution in [3.63, 3.8) is 0 Å². The van der Waals surface area contributed by atoms with Crippen molar-refractivity contribution < 1.29 is 24.2 Å². The Labute approximate surface area is 162 Å². The Morgan fingerprint density at radius 2 is 1.82 bits per heavy atom. The molecule has 2 amide bonds. The van der Waals surface area contributed by atoms with Crippen LogP contribution in [0, 0.1) is 13.8 Å². The van der Waals surface area contributed by atoms with E-state index in [1.54, 1.807) is 43.9 Å². The van der Waals surface area contributed by atoms with Gasteiger partial charge in [0.1, 0.15) is 5.75 Å². The van der Waals surface area contributed by atoms with Crippen LogP contribution in [0.2, 0.25) is 0 Å². The number of rotatable bonds is 5. The lowest BCUT2D eigenvalue weighted by Gasteiger charge is -2.15. The number of carbonyl (C=O) groups excluding carboxylic acids is 2. The quantitative estimate of drug-likeness (QED) is 0.829. The molecular formula is C21H22N2O5. The molecule has 7 nitrogen and oxygen atoms in total. The van der Waals surface area contributed by atoms with Gasteiger partial charge in [-0.05, 0) is 67.3 Å². The van der Waals surface area contributed by atoms with Crippen LogP contribution in [0.4, 0.5) is 11.4 Å². The summed E-state index contributed by atoms with van der Waals surface area (Å²) in [6.45, 7) is 5.30. The predicted molar refractivity (Wildman–Crippen MR) is 105 cm³/mol. The number of benzene rings is 2. The Kier molecular flexibility index (Phi) is 5.35. The van der Waals surface area contributed by atoms with E-state index < -0.39 is 12.6 Å². The number of nitrogens with one attached hydrogen (secondary N) is 1. The molecule has 146 valence electrons. The maximum absolute atomic E-state index is 12.7. The van der Waals surface area contributed by atoms with Crippen molar-refractivity contribution in [1.82, 2.24) is 0 Å². The first-order valence-corrected chi connectivity index (χ1v) is 8.94. The molecule has 2 aromatic carbocycles.